The second kappa shape index (κ2) is 8.64. The molecule has 3 heterocycles. The van der Waals surface area contributed by atoms with Crippen molar-refractivity contribution in [2.45, 2.75) is 6.92 Å². The Hall–Kier alpha value is -3.24. The third kappa shape index (κ3) is 4.34. The molecule has 1 aliphatic rings. The highest BCUT2D eigenvalue weighted by molar-refractivity contribution is 5.92. The highest BCUT2D eigenvalue weighted by Gasteiger charge is 2.15. The lowest BCUT2D eigenvalue weighted by atomic mass is 10.1. The van der Waals surface area contributed by atoms with Crippen molar-refractivity contribution >= 4 is 28.8 Å². The van der Waals surface area contributed by atoms with Crippen LogP contribution in [0.2, 0.25) is 0 Å². The number of morpholine rings is 1. The Kier molecular flexibility index (Phi) is 5.77. The number of nitrogens with one attached hydrogen (secondary N) is 2. The van der Waals surface area contributed by atoms with Crippen molar-refractivity contribution in [3.63, 3.8) is 0 Å². The van der Waals surface area contributed by atoms with E-state index in [1.807, 2.05) is 26.1 Å². The van der Waals surface area contributed by atoms with Gasteiger partial charge in [0.2, 0.25) is 5.95 Å². The molecule has 1 aliphatic heterocycles. The Morgan fingerprint density at radius 3 is 2.83 bits per heavy atom. The first kappa shape index (κ1) is 20.0. The first-order valence-corrected chi connectivity index (χ1v) is 9.86. The standard InChI is InChI=1S/C20H25N7O3/c1-13-11-14(3-4-16(13)23-20(28)29)17-15-12-22-19(24-18(15)26(2)25-17)21-5-6-27-7-9-30-10-8-27/h3-4,11-12,23H,5-10H2,1-2H3,(H,28,29)(H,21,22,24). The van der Waals surface area contributed by atoms with Gasteiger partial charge >= 0.3 is 6.09 Å². The molecule has 30 heavy (non-hydrogen) atoms. The van der Waals surface area contributed by atoms with Crippen LogP contribution in [0.1, 0.15) is 5.56 Å². The van der Waals surface area contributed by atoms with Crippen molar-refractivity contribution in [3.8, 4) is 11.3 Å². The van der Waals surface area contributed by atoms with Crippen LogP contribution in [0.4, 0.5) is 16.4 Å². The summed E-state index contributed by atoms with van der Waals surface area (Å²) in [7, 11) is 1.85. The maximum atomic E-state index is 10.9. The molecule has 2 aromatic heterocycles. The van der Waals surface area contributed by atoms with Crippen LogP contribution in [0.3, 0.4) is 0 Å². The smallest absolute Gasteiger partial charge is 0.409 e. The Morgan fingerprint density at radius 1 is 1.30 bits per heavy atom. The number of ether oxygens (including phenoxy) is 1. The van der Waals surface area contributed by atoms with Gasteiger partial charge in [-0.1, -0.05) is 6.07 Å². The fraction of sp³-hybridized carbons (Fsp3) is 0.400. The molecule has 4 rings (SSSR count). The second-order valence-electron chi connectivity index (χ2n) is 7.24. The lowest BCUT2D eigenvalue weighted by molar-refractivity contribution is 0.0398. The van der Waals surface area contributed by atoms with Crippen molar-refractivity contribution in [2.75, 3.05) is 50.0 Å². The quantitative estimate of drug-likeness (QED) is 0.565. The molecule has 3 N–H and O–H groups in total. The molecule has 0 aliphatic carbocycles. The summed E-state index contributed by atoms with van der Waals surface area (Å²) in [6.07, 6.45) is 0.691. The van der Waals surface area contributed by atoms with E-state index in [0.717, 1.165) is 67.2 Å². The van der Waals surface area contributed by atoms with Gasteiger partial charge in [0.05, 0.1) is 18.6 Å². The minimum atomic E-state index is -1.09. The molecule has 0 bridgehead atoms. The molecule has 10 nitrogen and oxygen atoms in total. The molecule has 0 atom stereocenters. The molecule has 1 fully saturated rings. The summed E-state index contributed by atoms with van der Waals surface area (Å²) in [6.45, 7) is 7.00. The zero-order valence-corrected chi connectivity index (χ0v) is 17.1. The van der Waals surface area contributed by atoms with Crippen molar-refractivity contribution < 1.29 is 14.6 Å². The topological polar surface area (TPSA) is 117 Å². The average molecular weight is 411 g/mol. The van der Waals surface area contributed by atoms with Gasteiger partial charge < -0.3 is 15.2 Å². The number of aromatic nitrogens is 4. The van der Waals surface area contributed by atoms with E-state index in [1.165, 1.54) is 0 Å². The summed E-state index contributed by atoms with van der Waals surface area (Å²) in [4.78, 5) is 22.3. The zero-order chi connectivity index (χ0) is 21.1. The number of benzene rings is 1. The SMILES string of the molecule is Cc1cc(-c2nn(C)c3nc(NCCN4CCOCC4)ncc23)ccc1NC(=O)O. The summed E-state index contributed by atoms with van der Waals surface area (Å²) in [5.41, 5.74) is 3.74. The van der Waals surface area contributed by atoms with Crippen LogP contribution >= 0.6 is 0 Å². The lowest BCUT2D eigenvalue weighted by Gasteiger charge is -2.26. The summed E-state index contributed by atoms with van der Waals surface area (Å²) in [5, 5.41) is 20.1. The number of hydrogen-bond acceptors (Lipinski definition) is 7. The molecule has 0 radical (unpaired) electrons. The van der Waals surface area contributed by atoms with E-state index < -0.39 is 6.09 Å². The predicted molar refractivity (Wildman–Crippen MR) is 114 cm³/mol. The number of nitrogens with zero attached hydrogens (tertiary/aromatic N) is 5. The monoisotopic (exact) mass is 411 g/mol. The Labute approximate surface area is 173 Å². The number of carboxylic acid groups (broad SMARTS) is 1. The van der Waals surface area contributed by atoms with Crippen LogP contribution in [0.15, 0.2) is 24.4 Å². The van der Waals surface area contributed by atoms with E-state index in [1.54, 1.807) is 16.9 Å². The molecule has 3 aromatic rings. The van der Waals surface area contributed by atoms with Crippen molar-refractivity contribution in [3.05, 3.63) is 30.0 Å². The zero-order valence-electron chi connectivity index (χ0n) is 17.1. The van der Waals surface area contributed by atoms with Gasteiger partial charge in [-0.25, -0.2) is 14.5 Å². The van der Waals surface area contributed by atoms with Crippen molar-refractivity contribution in [1.29, 1.82) is 0 Å². The highest BCUT2D eigenvalue weighted by Crippen LogP contribution is 2.29. The number of fused-ring (bicyclic) bond motifs is 1. The van der Waals surface area contributed by atoms with Crippen LogP contribution in [-0.2, 0) is 11.8 Å². The number of hydrogen-bond donors (Lipinski definition) is 3. The maximum absolute atomic E-state index is 10.9. The van der Waals surface area contributed by atoms with Gasteiger partial charge in [-0.3, -0.25) is 10.2 Å². The van der Waals surface area contributed by atoms with Gasteiger partial charge in [0.1, 0.15) is 5.69 Å². The lowest BCUT2D eigenvalue weighted by Crippen LogP contribution is -2.39. The summed E-state index contributed by atoms with van der Waals surface area (Å²) in [5.74, 6) is 0.572. The molecular formula is C20H25N7O3. The normalized spacial score (nSPS) is 14.7. The largest absolute Gasteiger partial charge is 0.465 e. The van der Waals surface area contributed by atoms with Crippen LogP contribution in [-0.4, -0.2) is 75.2 Å². The Bertz CT molecular complexity index is 1060. The average Bonchev–Trinajstić information content (AvgIpc) is 3.06. The van der Waals surface area contributed by atoms with Gasteiger partial charge in [0, 0.05) is 50.7 Å². The van der Waals surface area contributed by atoms with E-state index >= 15 is 0 Å². The number of carbonyl (C=O) groups is 1. The van der Waals surface area contributed by atoms with Gasteiger partial charge in [0.15, 0.2) is 5.65 Å². The number of amides is 1. The molecule has 1 aromatic carbocycles. The predicted octanol–water partition coefficient (Wildman–Crippen LogP) is 2.17. The minimum Gasteiger partial charge on any atom is -0.465 e. The molecule has 0 spiro atoms. The fourth-order valence-electron chi connectivity index (χ4n) is 3.55. The van der Waals surface area contributed by atoms with E-state index in [-0.39, 0.29) is 0 Å². The molecule has 1 amide bonds. The Balaban J connectivity index is 1.52. The van der Waals surface area contributed by atoms with E-state index in [0.29, 0.717) is 11.6 Å². The van der Waals surface area contributed by atoms with E-state index in [2.05, 4.69) is 30.6 Å². The van der Waals surface area contributed by atoms with Crippen molar-refractivity contribution in [1.82, 2.24) is 24.6 Å². The summed E-state index contributed by atoms with van der Waals surface area (Å²) >= 11 is 0. The first-order valence-electron chi connectivity index (χ1n) is 9.86. The summed E-state index contributed by atoms with van der Waals surface area (Å²) in [6, 6.07) is 5.48. The molecule has 0 saturated carbocycles. The van der Waals surface area contributed by atoms with Crippen LogP contribution in [0.25, 0.3) is 22.3 Å². The summed E-state index contributed by atoms with van der Waals surface area (Å²) < 4.78 is 7.10. The number of aryl methyl sites for hydroxylation is 2. The first-order chi connectivity index (χ1) is 14.5. The Morgan fingerprint density at radius 2 is 2.10 bits per heavy atom. The van der Waals surface area contributed by atoms with E-state index in [4.69, 9.17) is 9.84 Å². The van der Waals surface area contributed by atoms with Gasteiger partial charge in [-0.15, -0.1) is 0 Å². The van der Waals surface area contributed by atoms with Crippen LogP contribution in [0.5, 0.6) is 0 Å². The van der Waals surface area contributed by atoms with Crippen LogP contribution < -0.4 is 10.6 Å². The molecule has 158 valence electrons. The van der Waals surface area contributed by atoms with Gasteiger partial charge in [0.25, 0.3) is 0 Å². The second-order valence-corrected chi connectivity index (χ2v) is 7.24. The third-order valence-corrected chi connectivity index (χ3v) is 5.14. The molecule has 10 heteroatoms. The minimum absolute atomic E-state index is 0.550. The van der Waals surface area contributed by atoms with Crippen LogP contribution in [0, 0.1) is 6.92 Å². The molecule has 0 unspecified atom stereocenters. The fourth-order valence-corrected chi connectivity index (χ4v) is 3.55. The van der Waals surface area contributed by atoms with Gasteiger partial charge in [-0.2, -0.15) is 10.1 Å². The number of rotatable bonds is 6. The molecule has 1 saturated heterocycles. The van der Waals surface area contributed by atoms with Crippen molar-refractivity contribution in [2.24, 2.45) is 7.05 Å². The molecular weight excluding hydrogens is 386 g/mol. The maximum Gasteiger partial charge on any atom is 0.409 e. The van der Waals surface area contributed by atoms with Gasteiger partial charge in [-0.05, 0) is 24.6 Å². The van der Waals surface area contributed by atoms with E-state index in [9.17, 15) is 4.79 Å². The third-order valence-electron chi connectivity index (χ3n) is 5.14. The highest BCUT2D eigenvalue weighted by atomic mass is 16.5. The number of anilines is 2.